The predicted octanol–water partition coefficient (Wildman–Crippen LogP) is 5.54. The van der Waals surface area contributed by atoms with Crippen molar-refractivity contribution in [3.8, 4) is 0 Å². The molecular formula is C24H32N4S2. The third-order valence-electron chi connectivity index (χ3n) is 5.52. The summed E-state index contributed by atoms with van der Waals surface area (Å²) in [6.45, 7) is 7.85. The first-order chi connectivity index (χ1) is 14.2. The van der Waals surface area contributed by atoms with Gasteiger partial charge in [-0.25, -0.2) is 0 Å². The first kappa shape index (κ1) is 22.5. The van der Waals surface area contributed by atoms with Gasteiger partial charge in [-0.15, -0.1) is 0 Å². The Hall–Kier alpha value is -2.18. The molecule has 1 saturated carbocycles. The number of benzene rings is 2. The zero-order chi connectivity index (χ0) is 21.6. The van der Waals surface area contributed by atoms with E-state index in [2.05, 4.69) is 42.0 Å². The molecule has 6 heteroatoms. The minimum absolute atomic E-state index is 0.115. The van der Waals surface area contributed by atoms with Gasteiger partial charge in [0.15, 0.2) is 10.2 Å². The van der Waals surface area contributed by atoms with Gasteiger partial charge in [-0.05, 0) is 78.8 Å². The van der Waals surface area contributed by atoms with Crippen LogP contribution in [0.5, 0.6) is 0 Å². The van der Waals surface area contributed by atoms with Crippen molar-refractivity contribution < 1.29 is 0 Å². The second-order valence-corrected chi connectivity index (χ2v) is 10.2. The Kier molecular flexibility index (Phi) is 7.32. The molecule has 2 aromatic carbocycles. The maximum atomic E-state index is 5.58. The maximum Gasteiger partial charge on any atom is 0.170 e. The minimum Gasteiger partial charge on any atom is -0.362 e. The zero-order valence-electron chi connectivity index (χ0n) is 18.0. The molecule has 0 amide bonds. The van der Waals surface area contributed by atoms with Crippen LogP contribution in [-0.2, 0) is 0 Å². The fourth-order valence-corrected chi connectivity index (χ4v) is 5.21. The second-order valence-electron chi connectivity index (χ2n) is 9.40. The standard InChI is InChI=1S/C24H32N4S2/c1-23(2)14-20(28-22(30)27-19-12-8-5-9-13-19)15-24(3,16-23)17-25-21(29)26-18-10-6-4-7-11-18/h4-13,20H,14-17H2,1-3H3,(H2,25,26,29)(H2,27,28,30)/t20-,24-/m1/s1. The number of anilines is 2. The van der Waals surface area contributed by atoms with Crippen molar-refractivity contribution in [1.82, 2.24) is 10.6 Å². The van der Waals surface area contributed by atoms with E-state index in [1.165, 1.54) is 0 Å². The van der Waals surface area contributed by atoms with E-state index in [0.717, 1.165) is 37.2 Å². The summed E-state index contributed by atoms with van der Waals surface area (Å²) in [6.07, 6.45) is 3.26. The first-order valence-electron chi connectivity index (χ1n) is 10.5. The van der Waals surface area contributed by atoms with Crippen LogP contribution in [0.1, 0.15) is 40.0 Å². The molecule has 0 aliphatic heterocycles. The summed E-state index contributed by atoms with van der Waals surface area (Å²) >= 11 is 11.1. The third kappa shape index (κ3) is 6.96. The van der Waals surface area contributed by atoms with Crippen LogP contribution in [0.25, 0.3) is 0 Å². The molecule has 0 aromatic heterocycles. The number of para-hydroxylation sites is 2. The van der Waals surface area contributed by atoms with Gasteiger partial charge >= 0.3 is 0 Å². The topological polar surface area (TPSA) is 48.1 Å². The molecule has 2 atom stereocenters. The molecule has 1 fully saturated rings. The van der Waals surface area contributed by atoms with E-state index in [-0.39, 0.29) is 10.8 Å². The van der Waals surface area contributed by atoms with Gasteiger partial charge in [-0.3, -0.25) is 0 Å². The van der Waals surface area contributed by atoms with Gasteiger partial charge in [-0.1, -0.05) is 57.2 Å². The highest BCUT2D eigenvalue weighted by Crippen LogP contribution is 2.45. The molecule has 0 radical (unpaired) electrons. The molecule has 0 spiro atoms. The van der Waals surface area contributed by atoms with Crippen molar-refractivity contribution in [1.29, 1.82) is 0 Å². The maximum absolute atomic E-state index is 5.58. The third-order valence-corrected chi connectivity index (χ3v) is 5.98. The average Bonchev–Trinajstić information content (AvgIpc) is 2.66. The molecule has 30 heavy (non-hydrogen) atoms. The van der Waals surface area contributed by atoms with E-state index in [4.69, 9.17) is 24.4 Å². The van der Waals surface area contributed by atoms with Crippen LogP contribution in [0, 0.1) is 10.8 Å². The molecule has 2 aromatic rings. The summed E-state index contributed by atoms with van der Waals surface area (Å²) in [5, 5.41) is 14.9. The van der Waals surface area contributed by atoms with Gasteiger partial charge in [0.05, 0.1) is 0 Å². The van der Waals surface area contributed by atoms with Gasteiger partial charge in [0, 0.05) is 24.0 Å². The van der Waals surface area contributed by atoms with Crippen molar-refractivity contribution in [2.24, 2.45) is 10.8 Å². The number of rotatable bonds is 5. The Labute approximate surface area is 191 Å². The summed E-state index contributed by atoms with van der Waals surface area (Å²) in [6, 6.07) is 20.4. The largest absolute Gasteiger partial charge is 0.362 e. The van der Waals surface area contributed by atoms with E-state index in [0.29, 0.717) is 16.3 Å². The molecule has 4 nitrogen and oxygen atoms in total. The molecule has 160 valence electrons. The Balaban J connectivity index is 1.56. The summed E-state index contributed by atoms with van der Waals surface area (Å²) < 4.78 is 0. The predicted molar refractivity (Wildman–Crippen MR) is 136 cm³/mol. The molecule has 1 aliphatic carbocycles. The van der Waals surface area contributed by atoms with Gasteiger partial charge in [0.2, 0.25) is 0 Å². The number of nitrogens with one attached hydrogen (secondary N) is 4. The van der Waals surface area contributed by atoms with E-state index in [9.17, 15) is 0 Å². The van der Waals surface area contributed by atoms with Gasteiger partial charge in [0.1, 0.15) is 0 Å². The second kappa shape index (κ2) is 9.75. The van der Waals surface area contributed by atoms with Gasteiger partial charge < -0.3 is 21.3 Å². The van der Waals surface area contributed by atoms with E-state index < -0.39 is 0 Å². The average molecular weight is 441 g/mol. The zero-order valence-corrected chi connectivity index (χ0v) is 19.6. The normalized spacial score (nSPS) is 22.6. The van der Waals surface area contributed by atoms with Crippen LogP contribution in [0.2, 0.25) is 0 Å². The molecule has 3 rings (SSSR count). The van der Waals surface area contributed by atoms with E-state index in [1.54, 1.807) is 0 Å². The van der Waals surface area contributed by atoms with Gasteiger partial charge in [0.25, 0.3) is 0 Å². The van der Waals surface area contributed by atoms with Crippen LogP contribution in [0.15, 0.2) is 60.7 Å². The van der Waals surface area contributed by atoms with Crippen LogP contribution in [0.4, 0.5) is 11.4 Å². The van der Waals surface area contributed by atoms with Crippen molar-refractivity contribution in [2.45, 2.75) is 46.1 Å². The Bertz CT molecular complexity index is 854. The van der Waals surface area contributed by atoms with Gasteiger partial charge in [-0.2, -0.15) is 0 Å². The lowest BCUT2D eigenvalue weighted by molar-refractivity contribution is 0.0807. The fourth-order valence-electron chi connectivity index (χ4n) is 4.73. The molecule has 1 aliphatic rings. The lowest BCUT2D eigenvalue weighted by atomic mass is 9.62. The highest BCUT2D eigenvalue weighted by atomic mass is 32.1. The SMILES string of the molecule is CC1(C)C[C@@H](NC(=S)Nc2ccccc2)C[C@@](C)(CNC(=S)Nc2ccccc2)C1. The monoisotopic (exact) mass is 440 g/mol. The lowest BCUT2D eigenvalue weighted by Crippen LogP contribution is -2.51. The molecule has 0 unspecified atom stereocenters. The quantitative estimate of drug-likeness (QED) is 0.458. The van der Waals surface area contributed by atoms with E-state index >= 15 is 0 Å². The molecule has 0 heterocycles. The Morgan fingerprint density at radius 3 is 1.93 bits per heavy atom. The van der Waals surface area contributed by atoms with Crippen LogP contribution in [-0.4, -0.2) is 22.8 Å². The van der Waals surface area contributed by atoms with Crippen molar-refractivity contribution in [3.63, 3.8) is 0 Å². The minimum atomic E-state index is 0.115. The summed E-state index contributed by atoms with van der Waals surface area (Å²) in [7, 11) is 0. The first-order valence-corrected chi connectivity index (χ1v) is 11.3. The van der Waals surface area contributed by atoms with E-state index in [1.807, 2.05) is 60.7 Å². The van der Waals surface area contributed by atoms with Crippen LogP contribution < -0.4 is 21.3 Å². The molecular weight excluding hydrogens is 408 g/mol. The van der Waals surface area contributed by atoms with Crippen molar-refractivity contribution in [2.75, 3.05) is 17.2 Å². The number of hydrogen-bond acceptors (Lipinski definition) is 2. The van der Waals surface area contributed by atoms with Crippen molar-refractivity contribution >= 4 is 46.0 Å². The lowest BCUT2D eigenvalue weighted by Gasteiger charge is -2.47. The summed E-state index contributed by atoms with van der Waals surface area (Å²) in [5.74, 6) is 0. The Morgan fingerprint density at radius 2 is 1.37 bits per heavy atom. The van der Waals surface area contributed by atoms with Crippen LogP contribution in [0.3, 0.4) is 0 Å². The molecule has 0 bridgehead atoms. The number of thiocarbonyl (C=S) groups is 2. The fraction of sp³-hybridized carbons (Fsp3) is 0.417. The molecule has 0 saturated heterocycles. The summed E-state index contributed by atoms with van der Waals surface area (Å²) in [4.78, 5) is 0. The van der Waals surface area contributed by atoms with Crippen molar-refractivity contribution in [3.05, 3.63) is 60.7 Å². The van der Waals surface area contributed by atoms with Crippen LogP contribution >= 0.6 is 24.4 Å². The smallest absolute Gasteiger partial charge is 0.170 e. The highest BCUT2D eigenvalue weighted by molar-refractivity contribution is 7.80. The number of hydrogen-bond donors (Lipinski definition) is 4. The Morgan fingerprint density at radius 1 is 0.833 bits per heavy atom. The summed E-state index contributed by atoms with van der Waals surface area (Å²) in [5.41, 5.74) is 2.35. The molecule has 4 N–H and O–H groups in total. The highest BCUT2D eigenvalue weighted by Gasteiger charge is 2.41.